The van der Waals surface area contributed by atoms with E-state index < -0.39 is 5.60 Å². The van der Waals surface area contributed by atoms with Crippen LogP contribution in [0.4, 0.5) is 5.69 Å². The van der Waals surface area contributed by atoms with E-state index in [9.17, 15) is 4.79 Å². The Morgan fingerprint density at radius 3 is 2.77 bits per heavy atom. The summed E-state index contributed by atoms with van der Waals surface area (Å²) in [6, 6.07) is 0. The van der Waals surface area contributed by atoms with Gasteiger partial charge in [0.05, 0.1) is 31.2 Å². The summed E-state index contributed by atoms with van der Waals surface area (Å²) >= 11 is 3.39. The fourth-order valence-corrected chi connectivity index (χ4v) is 3.28. The van der Waals surface area contributed by atoms with Crippen molar-refractivity contribution in [3.8, 4) is 0 Å². The predicted octanol–water partition coefficient (Wildman–Crippen LogP) is 1.03. The maximum Gasteiger partial charge on any atom is 0.282 e. The van der Waals surface area contributed by atoms with Gasteiger partial charge in [0.2, 0.25) is 0 Å². The zero-order valence-corrected chi connectivity index (χ0v) is 14.4. The molecule has 0 aromatic carbocycles. The predicted molar refractivity (Wildman–Crippen MR) is 85.9 cm³/mol. The van der Waals surface area contributed by atoms with Gasteiger partial charge in [-0.1, -0.05) is 0 Å². The Labute approximate surface area is 136 Å². The molecule has 0 radical (unpaired) electrons. The van der Waals surface area contributed by atoms with Crippen LogP contribution < -0.4 is 10.5 Å². The Balaban J connectivity index is 1.94. The van der Waals surface area contributed by atoms with E-state index in [1.165, 1.54) is 4.68 Å². The Kier molecular flexibility index (Phi) is 3.82. The van der Waals surface area contributed by atoms with E-state index in [1.807, 2.05) is 26.4 Å². The van der Waals surface area contributed by atoms with Gasteiger partial charge in [-0.2, -0.15) is 10.2 Å². The molecule has 0 aliphatic carbocycles. The highest BCUT2D eigenvalue weighted by atomic mass is 79.9. The molecule has 0 bridgehead atoms. The van der Waals surface area contributed by atoms with Crippen molar-refractivity contribution in [1.82, 2.24) is 19.6 Å². The average molecular weight is 368 g/mol. The van der Waals surface area contributed by atoms with Crippen molar-refractivity contribution >= 4 is 21.6 Å². The molecule has 0 spiro atoms. The molecule has 8 heteroatoms. The van der Waals surface area contributed by atoms with Crippen molar-refractivity contribution in [3.05, 3.63) is 39.0 Å². The van der Waals surface area contributed by atoms with Crippen LogP contribution in [0.1, 0.15) is 12.5 Å². The molecule has 1 aliphatic heterocycles. The lowest BCUT2D eigenvalue weighted by Crippen LogP contribution is -2.48. The van der Waals surface area contributed by atoms with E-state index in [0.717, 1.165) is 11.3 Å². The number of anilines is 1. The van der Waals surface area contributed by atoms with Gasteiger partial charge < -0.3 is 9.64 Å². The molecule has 1 atom stereocenters. The lowest BCUT2D eigenvalue weighted by Gasteiger charge is -2.41. The summed E-state index contributed by atoms with van der Waals surface area (Å²) in [5, 5.41) is 8.34. The summed E-state index contributed by atoms with van der Waals surface area (Å²) in [6.45, 7) is 3.96. The molecule has 2 aromatic rings. The van der Waals surface area contributed by atoms with Crippen LogP contribution in [-0.2, 0) is 24.4 Å². The monoisotopic (exact) mass is 367 g/mol. The van der Waals surface area contributed by atoms with Crippen LogP contribution in [0.15, 0.2) is 27.9 Å². The fraction of sp³-hybridized carbons (Fsp3) is 0.500. The SMILES string of the molecule is Cn1cc(C2(C)CN(c3cnn(C)c(=O)c3Br)CCO2)cn1. The summed E-state index contributed by atoms with van der Waals surface area (Å²) in [4.78, 5) is 14.2. The van der Waals surface area contributed by atoms with Gasteiger partial charge in [-0.05, 0) is 22.9 Å². The van der Waals surface area contributed by atoms with Crippen LogP contribution in [0.25, 0.3) is 0 Å². The minimum absolute atomic E-state index is 0.146. The molecule has 3 heterocycles. The van der Waals surface area contributed by atoms with E-state index in [0.29, 0.717) is 24.2 Å². The van der Waals surface area contributed by atoms with Crippen molar-refractivity contribution in [1.29, 1.82) is 0 Å². The van der Waals surface area contributed by atoms with Gasteiger partial charge in [0.15, 0.2) is 0 Å². The zero-order valence-electron chi connectivity index (χ0n) is 12.8. The van der Waals surface area contributed by atoms with Gasteiger partial charge in [0.25, 0.3) is 5.56 Å². The Morgan fingerprint density at radius 2 is 2.09 bits per heavy atom. The van der Waals surface area contributed by atoms with Crippen molar-refractivity contribution in [2.75, 3.05) is 24.6 Å². The van der Waals surface area contributed by atoms with Crippen molar-refractivity contribution in [2.45, 2.75) is 12.5 Å². The number of nitrogens with zero attached hydrogens (tertiary/aromatic N) is 5. The van der Waals surface area contributed by atoms with Crippen LogP contribution in [-0.4, -0.2) is 39.3 Å². The van der Waals surface area contributed by atoms with E-state index in [1.54, 1.807) is 17.9 Å². The highest BCUT2D eigenvalue weighted by molar-refractivity contribution is 9.10. The minimum Gasteiger partial charge on any atom is -0.367 e. The summed E-state index contributed by atoms with van der Waals surface area (Å²) in [5.74, 6) is 0. The van der Waals surface area contributed by atoms with Gasteiger partial charge in [0.1, 0.15) is 10.1 Å². The van der Waals surface area contributed by atoms with Crippen LogP contribution in [0.5, 0.6) is 0 Å². The maximum absolute atomic E-state index is 12.0. The van der Waals surface area contributed by atoms with E-state index in [2.05, 4.69) is 31.0 Å². The molecule has 1 fully saturated rings. The summed E-state index contributed by atoms with van der Waals surface area (Å²) in [5.41, 5.74) is 1.20. The molecule has 2 aromatic heterocycles. The first-order valence-electron chi connectivity index (χ1n) is 7.00. The molecular weight excluding hydrogens is 350 g/mol. The highest BCUT2D eigenvalue weighted by Crippen LogP contribution is 2.33. The quantitative estimate of drug-likeness (QED) is 0.792. The first-order valence-corrected chi connectivity index (χ1v) is 7.80. The van der Waals surface area contributed by atoms with Crippen molar-refractivity contribution in [3.63, 3.8) is 0 Å². The third kappa shape index (κ3) is 2.56. The number of halogens is 1. The summed E-state index contributed by atoms with van der Waals surface area (Å²) in [6.07, 6.45) is 5.49. The Morgan fingerprint density at radius 1 is 1.32 bits per heavy atom. The molecule has 7 nitrogen and oxygen atoms in total. The topological polar surface area (TPSA) is 65.2 Å². The molecule has 0 saturated carbocycles. The average Bonchev–Trinajstić information content (AvgIpc) is 2.92. The first kappa shape index (κ1) is 15.2. The maximum atomic E-state index is 12.0. The smallest absolute Gasteiger partial charge is 0.282 e. The largest absolute Gasteiger partial charge is 0.367 e. The van der Waals surface area contributed by atoms with Gasteiger partial charge >= 0.3 is 0 Å². The lowest BCUT2D eigenvalue weighted by atomic mass is 9.97. The van der Waals surface area contributed by atoms with Gasteiger partial charge in [-0.25, -0.2) is 4.68 Å². The molecular formula is C14H18BrN5O2. The third-order valence-electron chi connectivity index (χ3n) is 3.99. The molecule has 1 aliphatic rings. The standard InChI is InChI=1S/C14H18BrN5O2/c1-14(10-6-16-18(2)8-10)9-20(4-5-22-14)11-7-17-19(3)13(21)12(11)15/h6-8H,4-5,9H2,1-3H3. The van der Waals surface area contributed by atoms with Crippen molar-refractivity contribution < 1.29 is 4.74 Å². The minimum atomic E-state index is -0.465. The number of aryl methyl sites for hydroxylation is 2. The van der Waals surface area contributed by atoms with Gasteiger partial charge in [0, 0.05) is 32.4 Å². The Hall–Kier alpha value is -1.67. The molecule has 22 heavy (non-hydrogen) atoms. The van der Waals surface area contributed by atoms with Crippen LogP contribution in [0, 0.1) is 0 Å². The summed E-state index contributed by atoms with van der Waals surface area (Å²) < 4.78 is 9.60. The Bertz CT molecular complexity index is 756. The number of ether oxygens (including phenoxy) is 1. The number of morpholine rings is 1. The van der Waals surface area contributed by atoms with Crippen LogP contribution in [0.3, 0.4) is 0 Å². The number of hydrogen-bond donors (Lipinski definition) is 0. The normalized spacial score (nSPS) is 22.1. The van der Waals surface area contributed by atoms with E-state index in [4.69, 9.17) is 4.74 Å². The number of aromatic nitrogens is 4. The molecule has 1 saturated heterocycles. The zero-order chi connectivity index (χ0) is 15.9. The highest BCUT2D eigenvalue weighted by Gasteiger charge is 2.36. The van der Waals surface area contributed by atoms with Crippen LogP contribution >= 0.6 is 15.9 Å². The summed E-state index contributed by atoms with van der Waals surface area (Å²) in [7, 11) is 3.52. The lowest BCUT2D eigenvalue weighted by molar-refractivity contribution is -0.0467. The number of rotatable bonds is 2. The molecule has 118 valence electrons. The second kappa shape index (κ2) is 5.51. The van der Waals surface area contributed by atoms with Crippen molar-refractivity contribution in [2.24, 2.45) is 14.1 Å². The van der Waals surface area contributed by atoms with Gasteiger partial charge in [-0.3, -0.25) is 9.48 Å². The third-order valence-corrected chi connectivity index (χ3v) is 4.74. The molecule has 0 N–H and O–H groups in total. The second-order valence-electron chi connectivity index (χ2n) is 5.68. The van der Waals surface area contributed by atoms with E-state index >= 15 is 0 Å². The van der Waals surface area contributed by atoms with E-state index in [-0.39, 0.29) is 5.56 Å². The fourth-order valence-electron chi connectivity index (χ4n) is 2.67. The molecule has 3 rings (SSSR count). The van der Waals surface area contributed by atoms with Gasteiger partial charge in [-0.15, -0.1) is 0 Å². The number of hydrogen-bond acceptors (Lipinski definition) is 5. The molecule has 1 unspecified atom stereocenters. The second-order valence-corrected chi connectivity index (χ2v) is 6.47. The first-order chi connectivity index (χ1) is 10.4. The molecule has 0 amide bonds. The van der Waals surface area contributed by atoms with Crippen LogP contribution in [0.2, 0.25) is 0 Å².